The molecule has 0 saturated heterocycles. The van der Waals surface area contributed by atoms with Crippen molar-refractivity contribution >= 4 is 133 Å². The van der Waals surface area contributed by atoms with Gasteiger partial charge in [-0.15, -0.1) is 0 Å². The van der Waals surface area contributed by atoms with Gasteiger partial charge in [-0.25, -0.2) is 0 Å². The molecule has 0 aromatic rings. The molecule has 0 bridgehead atoms. The van der Waals surface area contributed by atoms with Crippen molar-refractivity contribution in [1.29, 1.82) is 0 Å². The van der Waals surface area contributed by atoms with Gasteiger partial charge in [0.05, 0.1) is 0 Å². The Morgan fingerprint density at radius 3 is 1.20 bits per heavy atom. The van der Waals surface area contributed by atoms with Crippen LogP contribution in [0, 0.1) is 0 Å². The second kappa shape index (κ2) is 23.8. The minimum absolute atomic E-state index is 0. The summed E-state index contributed by atoms with van der Waals surface area (Å²) in [5.41, 5.74) is 0. The van der Waals surface area contributed by atoms with Crippen molar-refractivity contribution in [3.05, 3.63) is 0 Å². The monoisotopic (exact) mass is 616 g/mol. The zero-order valence-corrected chi connectivity index (χ0v) is 20.1. The quantitative estimate of drug-likeness (QED) is 0.243. The van der Waals surface area contributed by atoms with E-state index in [2.05, 4.69) is 0 Å². The molecule has 0 N–H and O–H groups in total. The number of hydrogen-bond donors (Lipinski definition) is 0. The van der Waals surface area contributed by atoms with Crippen molar-refractivity contribution in [3.8, 4) is 0 Å². The van der Waals surface area contributed by atoms with Crippen LogP contribution in [0.2, 0.25) is 0 Å². The van der Waals surface area contributed by atoms with Crippen LogP contribution in [-0.4, -0.2) is 133 Å². The van der Waals surface area contributed by atoms with Crippen LogP contribution in [0.5, 0.6) is 0 Å². The van der Waals surface area contributed by atoms with Crippen molar-refractivity contribution in [3.63, 3.8) is 0 Å². The van der Waals surface area contributed by atoms with Gasteiger partial charge in [0, 0.05) is 0 Å². The third kappa shape index (κ3) is 17.8. The van der Waals surface area contributed by atoms with Gasteiger partial charge in [0.1, 0.15) is 0 Å². The van der Waals surface area contributed by atoms with Gasteiger partial charge in [-0.2, -0.15) is 0 Å². The van der Waals surface area contributed by atoms with Crippen LogP contribution in [-0.2, 0) is 0 Å². The predicted octanol–water partition coefficient (Wildman–Crippen LogP) is -4.36. The van der Waals surface area contributed by atoms with Crippen LogP contribution < -0.4 is 0 Å². The molecule has 0 aromatic heterocycles. The first-order valence-electron chi connectivity index (χ1n) is 0. The molecule has 0 aliphatic carbocycles. The second-order valence-electron chi connectivity index (χ2n) is 0. The maximum absolute atomic E-state index is 0. The molecule has 0 aliphatic heterocycles. The van der Waals surface area contributed by atoms with Crippen LogP contribution in [0.1, 0.15) is 2.85 Å². The van der Waals surface area contributed by atoms with Gasteiger partial charge in [-0.05, 0) is 0 Å². The van der Waals surface area contributed by atoms with E-state index in [1.54, 1.807) is 0 Å². The van der Waals surface area contributed by atoms with Crippen LogP contribution in [0.15, 0.2) is 0 Å². The molecule has 0 heterocycles. The first-order valence-corrected chi connectivity index (χ1v) is 0. The first kappa shape index (κ1) is 34.3. The molecule has 0 unspecified atom stereocenters. The Bertz CT molecular complexity index is 17.7. The van der Waals surface area contributed by atoms with Gasteiger partial charge < -0.3 is 2.85 Å². The van der Waals surface area contributed by atoms with Crippen molar-refractivity contribution in [1.82, 2.24) is 0 Å². The molecular formula is H12AlBiCaPbSn. The molecule has 0 aromatic carbocycles. The summed E-state index contributed by atoms with van der Waals surface area (Å²) in [6, 6.07) is 0. The van der Waals surface area contributed by atoms with Crippen LogP contribution in [0.4, 0.5) is 0 Å². The van der Waals surface area contributed by atoms with Gasteiger partial charge in [0.15, 0.2) is 17.4 Å². The van der Waals surface area contributed by atoms with E-state index in [-0.39, 0.29) is 135 Å². The van der Waals surface area contributed by atoms with E-state index >= 15 is 0 Å². The fourth-order valence-electron chi connectivity index (χ4n) is 0. The normalized spacial score (nSPS) is 0. The molecule has 5 heteroatoms. The zero-order chi connectivity index (χ0) is 0. The van der Waals surface area contributed by atoms with Gasteiger partial charge >= 0.3 is 115 Å². The molecule has 5 heavy (non-hydrogen) atoms. The molecule has 0 fully saturated rings. The maximum atomic E-state index is 0. The summed E-state index contributed by atoms with van der Waals surface area (Å²) in [6.45, 7) is 0. The third-order valence-electron chi connectivity index (χ3n) is 0. The molecule has 0 spiro atoms. The molecule has 0 amide bonds. The van der Waals surface area contributed by atoms with Crippen molar-refractivity contribution in [2.24, 2.45) is 0 Å². The average molecular weight is 614 g/mol. The third-order valence-corrected chi connectivity index (χ3v) is 0. The fourth-order valence-corrected chi connectivity index (χ4v) is 0. The Morgan fingerprint density at radius 2 is 1.20 bits per heavy atom. The van der Waals surface area contributed by atoms with Crippen molar-refractivity contribution in [2.75, 3.05) is 0 Å². The molecule has 0 nitrogen and oxygen atoms in total. The Balaban J connectivity index is 0. The van der Waals surface area contributed by atoms with Crippen molar-refractivity contribution in [2.45, 2.75) is 0 Å². The predicted molar refractivity (Wildman–Crippen MR) is 44.9 cm³/mol. The molecule has 4 radical (unpaired) electrons. The van der Waals surface area contributed by atoms with E-state index in [1.165, 1.54) is 0 Å². The Hall–Kier alpha value is 4.40. The van der Waals surface area contributed by atoms with E-state index in [0.29, 0.717) is 0 Å². The summed E-state index contributed by atoms with van der Waals surface area (Å²) in [7, 11) is 0. The topological polar surface area (TPSA) is 0 Å². The molecule has 30 valence electrons. The number of hydrogen-bond acceptors (Lipinski definition) is 0. The summed E-state index contributed by atoms with van der Waals surface area (Å²) >= 11 is 0. The van der Waals surface area contributed by atoms with Crippen LogP contribution >= 0.6 is 0 Å². The second-order valence-corrected chi connectivity index (χ2v) is 0. The Morgan fingerprint density at radius 1 is 1.20 bits per heavy atom. The average Bonchev–Trinajstić information content (AvgIpc) is 0. The molecule has 0 saturated carbocycles. The summed E-state index contributed by atoms with van der Waals surface area (Å²) in [6.07, 6.45) is 0. The minimum atomic E-state index is 0. The Labute approximate surface area is 132 Å². The summed E-state index contributed by atoms with van der Waals surface area (Å²) in [5.74, 6) is 0. The van der Waals surface area contributed by atoms with Gasteiger partial charge in [0.25, 0.3) is 0 Å². The van der Waals surface area contributed by atoms with Crippen molar-refractivity contribution < 1.29 is 2.85 Å². The van der Waals surface area contributed by atoms with E-state index < -0.39 is 0 Å². The van der Waals surface area contributed by atoms with Crippen LogP contribution in [0.25, 0.3) is 0 Å². The molecular weight excluding hydrogens is 602 g/mol. The van der Waals surface area contributed by atoms with E-state index in [0.717, 1.165) is 0 Å². The standard InChI is InChI=1S/Al.Bi.Ca.Pb.Sn.12H/q;;+2;;;;;;;;;;;;;2*-1. The van der Waals surface area contributed by atoms with Gasteiger partial charge in [-0.3, -0.25) is 0 Å². The number of rotatable bonds is 0. The zero-order valence-electron chi connectivity index (χ0n) is 4.83. The summed E-state index contributed by atoms with van der Waals surface area (Å²) in [4.78, 5) is 0. The summed E-state index contributed by atoms with van der Waals surface area (Å²) < 4.78 is 0. The SMILES string of the molecule is [AlH3].[BiH3].[Ca+2].[H-].[H-].[PbH2].[SnH2]. The first-order chi connectivity index (χ1) is 0. The van der Waals surface area contributed by atoms with E-state index in [4.69, 9.17) is 0 Å². The van der Waals surface area contributed by atoms with Gasteiger partial charge in [-0.1, -0.05) is 0 Å². The summed E-state index contributed by atoms with van der Waals surface area (Å²) in [5, 5.41) is 0. The fraction of sp³-hybridized carbons (Fsp3) is 0. The van der Waals surface area contributed by atoms with E-state index in [9.17, 15) is 0 Å². The van der Waals surface area contributed by atoms with E-state index in [1.807, 2.05) is 0 Å². The molecule has 0 rings (SSSR count). The van der Waals surface area contributed by atoms with Gasteiger partial charge in [0.2, 0.25) is 0 Å². The molecule has 0 aliphatic rings. The van der Waals surface area contributed by atoms with Crippen LogP contribution in [0.3, 0.4) is 0 Å². The Kier molecular flexibility index (Phi) is 163. The molecule has 0 atom stereocenters.